The topological polar surface area (TPSA) is 48.0 Å². The van der Waals surface area contributed by atoms with Gasteiger partial charge < -0.3 is 10.3 Å². The number of amides is 1. The lowest BCUT2D eigenvalue weighted by Crippen LogP contribution is -2.09. The van der Waals surface area contributed by atoms with E-state index in [9.17, 15) is 4.79 Å². The molecule has 2 rings (SSSR count). The second kappa shape index (κ2) is 3.06. The minimum atomic E-state index is -0.393. The molecule has 0 aliphatic rings. The number of rotatable bonds is 2. The van der Waals surface area contributed by atoms with Crippen LogP contribution in [0.5, 0.6) is 0 Å². The van der Waals surface area contributed by atoms with Gasteiger partial charge in [0.05, 0.1) is 10.6 Å². The van der Waals surface area contributed by atoms with Gasteiger partial charge in [0.2, 0.25) is 5.91 Å². The zero-order valence-electron chi connectivity index (χ0n) is 6.81. The monoisotopic (exact) mass is 192 g/mol. The number of aromatic nitrogens is 1. The van der Waals surface area contributed by atoms with Crippen molar-refractivity contribution in [2.75, 3.05) is 0 Å². The maximum atomic E-state index is 10.8. The van der Waals surface area contributed by atoms with Crippen LogP contribution in [0.2, 0.25) is 0 Å². The minimum Gasteiger partial charge on any atom is -0.366 e. The van der Waals surface area contributed by atoms with Gasteiger partial charge in [0.25, 0.3) is 0 Å². The van der Waals surface area contributed by atoms with Gasteiger partial charge in [-0.05, 0) is 23.6 Å². The number of thiophene rings is 1. The van der Waals surface area contributed by atoms with Crippen molar-refractivity contribution in [1.29, 1.82) is 0 Å². The first-order valence-electron chi connectivity index (χ1n) is 3.79. The van der Waals surface area contributed by atoms with Crippen LogP contribution in [0.25, 0.3) is 5.00 Å². The van der Waals surface area contributed by atoms with Crippen molar-refractivity contribution in [3.8, 4) is 5.00 Å². The zero-order chi connectivity index (χ0) is 9.26. The molecule has 0 radical (unpaired) electrons. The van der Waals surface area contributed by atoms with Crippen molar-refractivity contribution in [1.82, 2.24) is 4.57 Å². The lowest BCUT2D eigenvalue weighted by molar-refractivity contribution is 0.100. The highest BCUT2D eigenvalue weighted by molar-refractivity contribution is 7.12. The van der Waals surface area contributed by atoms with Crippen LogP contribution in [0.4, 0.5) is 0 Å². The molecule has 0 fully saturated rings. The van der Waals surface area contributed by atoms with E-state index in [-0.39, 0.29) is 0 Å². The third-order valence-electron chi connectivity index (χ3n) is 1.74. The Balaban J connectivity index is 2.39. The van der Waals surface area contributed by atoms with Gasteiger partial charge in [0.15, 0.2) is 0 Å². The Morgan fingerprint density at radius 1 is 1.46 bits per heavy atom. The molecular weight excluding hydrogens is 184 g/mol. The normalized spacial score (nSPS) is 10.2. The maximum Gasteiger partial charge on any atom is 0.250 e. The van der Waals surface area contributed by atoms with Gasteiger partial charge >= 0.3 is 0 Å². The molecular formula is C9H8N2OS. The number of primary amides is 1. The number of carbonyl (C=O) groups excluding carboxylic acids is 1. The summed E-state index contributed by atoms with van der Waals surface area (Å²) in [6.07, 6.45) is 3.56. The average molecular weight is 192 g/mol. The molecule has 0 unspecified atom stereocenters. The molecule has 0 saturated carbocycles. The molecule has 2 N–H and O–H groups in total. The first-order valence-corrected chi connectivity index (χ1v) is 4.67. The number of hydrogen-bond donors (Lipinski definition) is 1. The van der Waals surface area contributed by atoms with Gasteiger partial charge in [-0.15, -0.1) is 11.3 Å². The maximum absolute atomic E-state index is 10.8. The molecule has 2 aromatic rings. The first-order chi connectivity index (χ1) is 6.27. The Bertz CT molecular complexity index is 417. The average Bonchev–Trinajstić information content (AvgIpc) is 2.75. The highest BCUT2D eigenvalue weighted by atomic mass is 32.1. The molecule has 0 aromatic carbocycles. The lowest BCUT2D eigenvalue weighted by atomic mass is 10.3. The van der Waals surface area contributed by atoms with Crippen LogP contribution in [-0.2, 0) is 0 Å². The van der Waals surface area contributed by atoms with E-state index < -0.39 is 5.91 Å². The van der Waals surface area contributed by atoms with E-state index in [4.69, 9.17) is 5.73 Å². The number of nitrogens with zero attached hydrogens (tertiary/aromatic N) is 1. The minimum absolute atomic E-state index is 0.393. The Kier molecular flexibility index (Phi) is 1.90. The van der Waals surface area contributed by atoms with E-state index in [1.165, 1.54) is 0 Å². The molecule has 13 heavy (non-hydrogen) atoms. The molecule has 2 aromatic heterocycles. The molecule has 2 heterocycles. The van der Waals surface area contributed by atoms with Gasteiger partial charge in [-0.3, -0.25) is 4.79 Å². The van der Waals surface area contributed by atoms with Gasteiger partial charge in [0.1, 0.15) is 0 Å². The Hall–Kier alpha value is -1.55. The van der Waals surface area contributed by atoms with E-state index in [2.05, 4.69) is 0 Å². The molecule has 0 aliphatic carbocycles. The van der Waals surface area contributed by atoms with Crippen molar-refractivity contribution >= 4 is 17.2 Å². The molecule has 1 amide bonds. The quantitative estimate of drug-likeness (QED) is 0.772. The van der Waals surface area contributed by atoms with Crippen molar-refractivity contribution < 1.29 is 4.79 Å². The number of hydrogen-bond acceptors (Lipinski definition) is 2. The predicted octanol–water partition coefficient (Wildman–Crippen LogP) is 1.64. The fourth-order valence-electron chi connectivity index (χ4n) is 1.10. The predicted molar refractivity (Wildman–Crippen MR) is 52.2 cm³/mol. The van der Waals surface area contributed by atoms with E-state index >= 15 is 0 Å². The summed E-state index contributed by atoms with van der Waals surface area (Å²) in [6.45, 7) is 0. The summed E-state index contributed by atoms with van der Waals surface area (Å²) in [7, 11) is 0. The second-order valence-corrected chi connectivity index (χ2v) is 3.55. The van der Waals surface area contributed by atoms with Gasteiger partial charge in [-0.25, -0.2) is 0 Å². The fourth-order valence-corrected chi connectivity index (χ4v) is 1.79. The van der Waals surface area contributed by atoms with Gasteiger partial charge in [-0.1, -0.05) is 0 Å². The smallest absolute Gasteiger partial charge is 0.250 e. The molecule has 0 aliphatic heterocycles. The third-order valence-corrected chi connectivity index (χ3v) is 2.62. The van der Waals surface area contributed by atoms with Crippen LogP contribution in [0.15, 0.2) is 36.0 Å². The molecule has 4 heteroatoms. The van der Waals surface area contributed by atoms with E-state index in [1.807, 2.05) is 28.3 Å². The van der Waals surface area contributed by atoms with E-state index in [1.54, 1.807) is 23.6 Å². The van der Waals surface area contributed by atoms with Crippen LogP contribution in [0, 0.1) is 0 Å². The summed E-state index contributed by atoms with van der Waals surface area (Å²) in [5, 5.41) is 3.06. The summed E-state index contributed by atoms with van der Waals surface area (Å²) < 4.78 is 1.88. The standard InChI is InChI=1S/C9H8N2OS/c10-9(12)7-3-4-11(6-7)8-2-1-5-13-8/h1-6H,(H2,10,12). The zero-order valence-corrected chi connectivity index (χ0v) is 7.62. The largest absolute Gasteiger partial charge is 0.366 e. The van der Waals surface area contributed by atoms with Gasteiger partial charge in [0, 0.05) is 12.4 Å². The first kappa shape index (κ1) is 8.07. The van der Waals surface area contributed by atoms with Crippen molar-refractivity contribution in [3.63, 3.8) is 0 Å². The molecule has 0 saturated heterocycles. The summed E-state index contributed by atoms with van der Waals surface area (Å²) in [6, 6.07) is 5.65. The van der Waals surface area contributed by atoms with Crippen LogP contribution >= 0.6 is 11.3 Å². The summed E-state index contributed by atoms with van der Waals surface area (Å²) >= 11 is 1.61. The number of carbonyl (C=O) groups is 1. The summed E-state index contributed by atoms with van der Waals surface area (Å²) in [5.74, 6) is -0.393. The summed E-state index contributed by atoms with van der Waals surface area (Å²) in [5.41, 5.74) is 5.67. The molecule has 0 spiro atoms. The molecule has 3 nitrogen and oxygen atoms in total. The third kappa shape index (κ3) is 1.48. The molecule has 0 bridgehead atoms. The Labute approximate surface area is 79.4 Å². The van der Waals surface area contributed by atoms with Crippen LogP contribution < -0.4 is 5.73 Å². The Morgan fingerprint density at radius 2 is 2.31 bits per heavy atom. The number of nitrogens with two attached hydrogens (primary N) is 1. The SMILES string of the molecule is NC(=O)c1ccn(-c2cccs2)c1. The summed E-state index contributed by atoms with van der Waals surface area (Å²) in [4.78, 5) is 10.8. The van der Waals surface area contributed by atoms with Crippen LogP contribution in [0.1, 0.15) is 10.4 Å². The van der Waals surface area contributed by atoms with Crippen LogP contribution in [0.3, 0.4) is 0 Å². The highest BCUT2D eigenvalue weighted by Gasteiger charge is 2.03. The van der Waals surface area contributed by atoms with Gasteiger partial charge in [-0.2, -0.15) is 0 Å². The second-order valence-electron chi connectivity index (χ2n) is 2.62. The molecule has 66 valence electrons. The fraction of sp³-hybridized carbons (Fsp3) is 0. The van der Waals surface area contributed by atoms with Crippen molar-refractivity contribution in [2.45, 2.75) is 0 Å². The highest BCUT2D eigenvalue weighted by Crippen LogP contribution is 2.15. The van der Waals surface area contributed by atoms with Crippen LogP contribution in [-0.4, -0.2) is 10.5 Å². The van der Waals surface area contributed by atoms with E-state index in [0.29, 0.717) is 5.56 Å². The lowest BCUT2D eigenvalue weighted by Gasteiger charge is -1.94. The Morgan fingerprint density at radius 3 is 2.85 bits per heavy atom. The van der Waals surface area contributed by atoms with Crippen molar-refractivity contribution in [2.24, 2.45) is 5.73 Å². The van der Waals surface area contributed by atoms with Crippen molar-refractivity contribution in [3.05, 3.63) is 41.5 Å². The molecule has 0 atom stereocenters. The van der Waals surface area contributed by atoms with E-state index in [0.717, 1.165) is 5.00 Å².